The van der Waals surface area contributed by atoms with E-state index in [9.17, 15) is 0 Å². The first-order valence-corrected chi connectivity index (χ1v) is 9.08. The van der Waals surface area contributed by atoms with Crippen molar-refractivity contribution < 1.29 is 9.47 Å². The second-order valence-corrected chi connectivity index (χ2v) is 7.79. The summed E-state index contributed by atoms with van der Waals surface area (Å²) in [6, 6.07) is 10.6. The van der Waals surface area contributed by atoms with Gasteiger partial charge in [-0.15, -0.1) is 11.3 Å². The van der Waals surface area contributed by atoms with E-state index < -0.39 is 0 Å². The van der Waals surface area contributed by atoms with Crippen molar-refractivity contribution in [3.63, 3.8) is 0 Å². The molecule has 1 N–H and O–H groups in total. The Morgan fingerprint density at radius 2 is 2.13 bits per heavy atom. The molecule has 4 nitrogen and oxygen atoms in total. The molecule has 2 aromatic rings. The Kier molecular flexibility index (Phi) is 4.33. The molecular formula is C17H19ClN2O2S. The summed E-state index contributed by atoms with van der Waals surface area (Å²) in [6.45, 7) is 3.49. The van der Waals surface area contributed by atoms with Crippen LogP contribution in [0.4, 0.5) is 5.69 Å². The smallest absolute Gasteiger partial charge is 0.231 e. The van der Waals surface area contributed by atoms with Gasteiger partial charge in [-0.25, -0.2) is 0 Å². The van der Waals surface area contributed by atoms with Gasteiger partial charge in [0.2, 0.25) is 6.79 Å². The van der Waals surface area contributed by atoms with E-state index in [0.29, 0.717) is 12.8 Å². The Morgan fingerprint density at radius 3 is 3.00 bits per heavy atom. The molecule has 3 heterocycles. The van der Waals surface area contributed by atoms with Gasteiger partial charge in [0, 0.05) is 35.8 Å². The van der Waals surface area contributed by atoms with Crippen LogP contribution in [0, 0.1) is 0 Å². The molecule has 1 saturated heterocycles. The minimum atomic E-state index is 0.319. The van der Waals surface area contributed by atoms with Crippen LogP contribution in [0.15, 0.2) is 30.3 Å². The minimum absolute atomic E-state index is 0.319. The molecule has 1 aromatic carbocycles. The molecule has 1 aromatic heterocycles. The molecular weight excluding hydrogens is 332 g/mol. The number of piperidine rings is 1. The summed E-state index contributed by atoms with van der Waals surface area (Å²) in [6.07, 6.45) is 2.40. The lowest BCUT2D eigenvalue weighted by Crippen LogP contribution is -2.41. The number of benzene rings is 1. The molecule has 0 unspecified atom stereocenters. The predicted molar refractivity (Wildman–Crippen MR) is 93.8 cm³/mol. The SMILES string of the molecule is Clc1ccc(CN2CCC[C@H](Nc3ccc4c(c3)OCO4)C2)s1. The fraction of sp³-hybridized carbons (Fsp3) is 0.412. The third kappa shape index (κ3) is 3.57. The Balaban J connectivity index is 1.37. The average Bonchev–Trinajstić information content (AvgIpc) is 3.16. The molecule has 23 heavy (non-hydrogen) atoms. The number of likely N-dealkylation sites (tertiary alicyclic amines) is 1. The third-order valence-electron chi connectivity index (χ3n) is 4.26. The Morgan fingerprint density at radius 1 is 1.22 bits per heavy atom. The van der Waals surface area contributed by atoms with Gasteiger partial charge in [0.1, 0.15) is 0 Å². The van der Waals surface area contributed by atoms with Gasteiger partial charge in [-0.1, -0.05) is 11.6 Å². The van der Waals surface area contributed by atoms with Crippen molar-refractivity contribution in [3.05, 3.63) is 39.5 Å². The molecule has 0 aliphatic carbocycles. The van der Waals surface area contributed by atoms with E-state index in [2.05, 4.69) is 22.3 Å². The highest BCUT2D eigenvalue weighted by Crippen LogP contribution is 2.34. The van der Waals surface area contributed by atoms with E-state index in [0.717, 1.165) is 41.2 Å². The summed E-state index contributed by atoms with van der Waals surface area (Å²) >= 11 is 7.70. The number of hydrogen-bond donors (Lipinski definition) is 1. The van der Waals surface area contributed by atoms with Crippen LogP contribution in [0.3, 0.4) is 0 Å². The van der Waals surface area contributed by atoms with Crippen molar-refractivity contribution in [3.8, 4) is 11.5 Å². The number of hydrogen-bond acceptors (Lipinski definition) is 5. The van der Waals surface area contributed by atoms with E-state index in [-0.39, 0.29) is 0 Å². The summed E-state index contributed by atoms with van der Waals surface area (Å²) in [5.74, 6) is 1.66. The quantitative estimate of drug-likeness (QED) is 0.895. The van der Waals surface area contributed by atoms with Crippen molar-refractivity contribution in [1.82, 2.24) is 4.90 Å². The van der Waals surface area contributed by atoms with E-state index >= 15 is 0 Å². The number of nitrogens with one attached hydrogen (secondary N) is 1. The Hall–Kier alpha value is -1.43. The van der Waals surface area contributed by atoms with E-state index in [4.69, 9.17) is 21.1 Å². The van der Waals surface area contributed by atoms with Crippen LogP contribution < -0.4 is 14.8 Å². The summed E-state index contributed by atoms with van der Waals surface area (Å²) in [5.41, 5.74) is 1.10. The number of thiophene rings is 1. The molecule has 0 amide bonds. The number of halogens is 1. The first-order chi connectivity index (χ1) is 11.3. The lowest BCUT2D eigenvalue weighted by molar-refractivity contribution is 0.174. The first kappa shape index (κ1) is 15.1. The number of anilines is 1. The van der Waals surface area contributed by atoms with Gasteiger partial charge < -0.3 is 14.8 Å². The Bertz CT molecular complexity index is 691. The highest BCUT2D eigenvalue weighted by molar-refractivity contribution is 7.16. The minimum Gasteiger partial charge on any atom is -0.454 e. The van der Waals surface area contributed by atoms with Gasteiger partial charge in [-0.05, 0) is 43.7 Å². The zero-order valence-corrected chi connectivity index (χ0v) is 14.3. The van der Waals surface area contributed by atoms with Crippen LogP contribution in [0.5, 0.6) is 11.5 Å². The zero-order chi connectivity index (χ0) is 15.6. The zero-order valence-electron chi connectivity index (χ0n) is 12.8. The van der Waals surface area contributed by atoms with Crippen LogP contribution in [-0.2, 0) is 6.54 Å². The normalized spacial score (nSPS) is 20.7. The molecule has 0 radical (unpaired) electrons. The van der Waals surface area contributed by atoms with E-state index in [1.807, 2.05) is 18.2 Å². The second-order valence-electron chi connectivity index (χ2n) is 5.99. The van der Waals surface area contributed by atoms with E-state index in [1.165, 1.54) is 17.7 Å². The molecule has 1 atom stereocenters. The number of rotatable bonds is 4. The predicted octanol–water partition coefficient (Wildman–Crippen LogP) is 4.21. The number of nitrogens with zero attached hydrogens (tertiary/aromatic N) is 1. The second kappa shape index (κ2) is 6.59. The number of fused-ring (bicyclic) bond motifs is 1. The average molecular weight is 351 g/mol. The van der Waals surface area contributed by atoms with Gasteiger partial charge in [0.05, 0.1) is 4.34 Å². The maximum atomic E-state index is 6.03. The molecule has 0 bridgehead atoms. The van der Waals surface area contributed by atoms with Crippen LogP contribution >= 0.6 is 22.9 Å². The fourth-order valence-corrected chi connectivity index (χ4v) is 4.33. The number of ether oxygens (including phenoxy) is 2. The molecule has 1 fully saturated rings. The lowest BCUT2D eigenvalue weighted by atomic mass is 10.1. The largest absolute Gasteiger partial charge is 0.454 e. The topological polar surface area (TPSA) is 33.7 Å². The van der Waals surface area contributed by atoms with Gasteiger partial charge in [0.25, 0.3) is 0 Å². The van der Waals surface area contributed by atoms with E-state index in [1.54, 1.807) is 11.3 Å². The van der Waals surface area contributed by atoms with Crippen LogP contribution in [-0.4, -0.2) is 30.8 Å². The lowest BCUT2D eigenvalue weighted by Gasteiger charge is -2.33. The van der Waals surface area contributed by atoms with Crippen molar-refractivity contribution in [2.24, 2.45) is 0 Å². The summed E-state index contributed by atoms with van der Waals surface area (Å²) in [5, 5.41) is 3.63. The van der Waals surface area contributed by atoms with Gasteiger partial charge in [-0.2, -0.15) is 0 Å². The molecule has 2 aliphatic heterocycles. The first-order valence-electron chi connectivity index (χ1n) is 7.89. The molecule has 0 saturated carbocycles. The Labute approximate surface area is 145 Å². The maximum Gasteiger partial charge on any atom is 0.231 e. The molecule has 0 spiro atoms. The van der Waals surface area contributed by atoms with Crippen LogP contribution in [0.2, 0.25) is 4.34 Å². The third-order valence-corrected chi connectivity index (χ3v) is 5.47. The van der Waals surface area contributed by atoms with Gasteiger partial charge in [0.15, 0.2) is 11.5 Å². The monoisotopic (exact) mass is 350 g/mol. The fourth-order valence-electron chi connectivity index (χ4n) is 3.20. The van der Waals surface area contributed by atoms with Crippen molar-refractivity contribution >= 4 is 28.6 Å². The van der Waals surface area contributed by atoms with Crippen LogP contribution in [0.1, 0.15) is 17.7 Å². The molecule has 6 heteroatoms. The standard InChI is InChI=1S/C17H19ClN2O2S/c18-17-6-4-14(23-17)10-20-7-1-2-13(9-20)19-12-3-5-15-16(8-12)22-11-21-15/h3-6,8,13,19H,1-2,7,9-11H2/t13-/m0/s1. The van der Waals surface area contributed by atoms with Crippen molar-refractivity contribution in [2.75, 3.05) is 25.2 Å². The summed E-state index contributed by atoms with van der Waals surface area (Å²) in [4.78, 5) is 3.83. The molecule has 4 rings (SSSR count). The summed E-state index contributed by atoms with van der Waals surface area (Å²) < 4.78 is 11.7. The van der Waals surface area contributed by atoms with Crippen LogP contribution in [0.25, 0.3) is 0 Å². The highest BCUT2D eigenvalue weighted by atomic mass is 35.5. The maximum absolute atomic E-state index is 6.03. The van der Waals surface area contributed by atoms with Crippen molar-refractivity contribution in [2.45, 2.75) is 25.4 Å². The van der Waals surface area contributed by atoms with Gasteiger partial charge >= 0.3 is 0 Å². The summed E-state index contributed by atoms with van der Waals surface area (Å²) in [7, 11) is 0. The highest BCUT2D eigenvalue weighted by Gasteiger charge is 2.21. The van der Waals surface area contributed by atoms with Gasteiger partial charge in [-0.3, -0.25) is 4.90 Å². The van der Waals surface area contributed by atoms with Crippen molar-refractivity contribution in [1.29, 1.82) is 0 Å². The molecule has 122 valence electrons. The molecule has 2 aliphatic rings.